The highest BCUT2D eigenvalue weighted by atomic mass is 16.5. The molecule has 2 rings (SSSR count). The molecule has 17 heavy (non-hydrogen) atoms. The molecule has 0 bridgehead atoms. The summed E-state index contributed by atoms with van der Waals surface area (Å²) in [5, 5.41) is 0. The van der Waals surface area contributed by atoms with Gasteiger partial charge in [0.05, 0.1) is 25.2 Å². The average molecular weight is 237 g/mol. The van der Waals surface area contributed by atoms with Crippen molar-refractivity contribution in [3.63, 3.8) is 0 Å². The van der Waals surface area contributed by atoms with E-state index in [0.717, 1.165) is 19.3 Å². The molecule has 0 spiro atoms. The number of carbonyl (C=O) groups is 1. The molecule has 0 aliphatic heterocycles. The second kappa shape index (κ2) is 5.31. The SMILES string of the molecule is CCOC(=O)c1cncn1C1CCCCC1N. The molecule has 1 aliphatic carbocycles. The van der Waals surface area contributed by atoms with E-state index in [0.29, 0.717) is 12.3 Å². The van der Waals surface area contributed by atoms with Gasteiger partial charge in [-0.3, -0.25) is 0 Å². The molecule has 5 nitrogen and oxygen atoms in total. The first kappa shape index (κ1) is 12.1. The lowest BCUT2D eigenvalue weighted by Crippen LogP contribution is -2.36. The number of esters is 1. The van der Waals surface area contributed by atoms with E-state index in [1.807, 2.05) is 4.57 Å². The maximum atomic E-state index is 11.8. The van der Waals surface area contributed by atoms with Crippen LogP contribution in [0.15, 0.2) is 12.5 Å². The van der Waals surface area contributed by atoms with E-state index in [2.05, 4.69) is 4.98 Å². The lowest BCUT2D eigenvalue weighted by atomic mass is 9.91. The summed E-state index contributed by atoms with van der Waals surface area (Å²) in [6, 6.07) is 0.275. The number of nitrogens with two attached hydrogens (primary N) is 1. The number of nitrogens with zero attached hydrogens (tertiary/aromatic N) is 2. The molecule has 2 atom stereocenters. The van der Waals surface area contributed by atoms with Gasteiger partial charge in [-0.25, -0.2) is 9.78 Å². The van der Waals surface area contributed by atoms with Gasteiger partial charge in [0.25, 0.3) is 0 Å². The maximum Gasteiger partial charge on any atom is 0.356 e. The topological polar surface area (TPSA) is 70.1 Å². The summed E-state index contributed by atoms with van der Waals surface area (Å²) in [7, 11) is 0. The van der Waals surface area contributed by atoms with Crippen LogP contribution in [-0.4, -0.2) is 28.2 Å². The fourth-order valence-corrected chi connectivity index (χ4v) is 2.42. The molecule has 0 aromatic carbocycles. The Hall–Kier alpha value is -1.36. The molecule has 1 saturated carbocycles. The zero-order chi connectivity index (χ0) is 12.3. The third-order valence-electron chi connectivity index (χ3n) is 3.29. The maximum absolute atomic E-state index is 11.8. The average Bonchev–Trinajstić information content (AvgIpc) is 2.79. The van der Waals surface area contributed by atoms with Crippen LogP contribution < -0.4 is 5.73 Å². The molecule has 5 heteroatoms. The van der Waals surface area contributed by atoms with Crippen molar-refractivity contribution in [1.82, 2.24) is 9.55 Å². The second-order valence-electron chi connectivity index (χ2n) is 4.42. The fourth-order valence-electron chi connectivity index (χ4n) is 2.42. The van der Waals surface area contributed by atoms with Gasteiger partial charge in [0.2, 0.25) is 0 Å². The lowest BCUT2D eigenvalue weighted by Gasteiger charge is -2.30. The Bertz CT molecular complexity index is 389. The Morgan fingerprint density at radius 3 is 3.06 bits per heavy atom. The van der Waals surface area contributed by atoms with Gasteiger partial charge in [0.1, 0.15) is 5.69 Å². The number of imidazole rings is 1. The van der Waals surface area contributed by atoms with Gasteiger partial charge in [-0.05, 0) is 19.8 Å². The fraction of sp³-hybridized carbons (Fsp3) is 0.667. The zero-order valence-electron chi connectivity index (χ0n) is 10.1. The molecule has 94 valence electrons. The first-order valence-electron chi connectivity index (χ1n) is 6.18. The van der Waals surface area contributed by atoms with Gasteiger partial charge in [-0.15, -0.1) is 0 Å². The van der Waals surface area contributed by atoms with Crippen molar-refractivity contribution in [3.8, 4) is 0 Å². The third kappa shape index (κ3) is 2.49. The molecule has 0 saturated heterocycles. The molecule has 0 amide bonds. The van der Waals surface area contributed by atoms with Crippen LogP contribution in [0.4, 0.5) is 0 Å². The van der Waals surface area contributed by atoms with Crippen LogP contribution >= 0.6 is 0 Å². The number of aromatic nitrogens is 2. The number of ether oxygens (including phenoxy) is 1. The van der Waals surface area contributed by atoms with Crippen molar-refractivity contribution in [3.05, 3.63) is 18.2 Å². The molecule has 0 radical (unpaired) electrons. The quantitative estimate of drug-likeness (QED) is 0.809. The zero-order valence-corrected chi connectivity index (χ0v) is 10.1. The molecule has 1 heterocycles. The summed E-state index contributed by atoms with van der Waals surface area (Å²) < 4.78 is 6.89. The van der Waals surface area contributed by atoms with Crippen molar-refractivity contribution < 1.29 is 9.53 Å². The molecule has 1 aromatic rings. The lowest BCUT2D eigenvalue weighted by molar-refractivity contribution is 0.0509. The van der Waals surface area contributed by atoms with Crippen LogP contribution in [0.25, 0.3) is 0 Å². The first-order valence-corrected chi connectivity index (χ1v) is 6.18. The van der Waals surface area contributed by atoms with E-state index in [1.165, 1.54) is 6.42 Å². The minimum Gasteiger partial charge on any atom is -0.461 e. The van der Waals surface area contributed by atoms with E-state index in [-0.39, 0.29) is 18.1 Å². The van der Waals surface area contributed by atoms with Crippen LogP contribution in [0.1, 0.15) is 49.1 Å². The van der Waals surface area contributed by atoms with Crippen molar-refractivity contribution in [2.45, 2.75) is 44.7 Å². The van der Waals surface area contributed by atoms with Gasteiger partial charge in [-0.1, -0.05) is 12.8 Å². The summed E-state index contributed by atoms with van der Waals surface area (Å²) in [6.07, 6.45) is 7.57. The molecule has 2 unspecified atom stereocenters. The van der Waals surface area contributed by atoms with Gasteiger partial charge in [0.15, 0.2) is 0 Å². The van der Waals surface area contributed by atoms with Gasteiger partial charge in [-0.2, -0.15) is 0 Å². The highest BCUT2D eigenvalue weighted by molar-refractivity contribution is 5.87. The van der Waals surface area contributed by atoms with Crippen molar-refractivity contribution >= 4 is 5.97 Å². The van der Waals surface area contributed by atoms with Crippen molar-refractivity contribution in [2.75, 3.05) is 6.61 Å². The molecule has 1 aromatic heterocycles. The van der Waals surface area contributed by atoms with Crippen LogP contribution in [0.3, 0.4) is 0 Å². The molecule has 2 N–H and O–H groups in total. The van der Waals surface area contributed by atoms with Crippen LogP contribution in [0.2, 0.25) is 0 Å². The van der Waals surface area contributed by atoms with Crippen molar-refractivity contribution in [1.29, 1.82) is 0 Å². The number of rotatable bonds is 3. The minimum absolute atomic E-state index is 0.103. The predicted molar refractivity (Wildman–Crippen MR) is 63.7 cm³/mol. The summed E-state index contributed by atoms with van der Waals surface area (Å²) in [5.41, 5.74) is 6.62. The predicted octanol–water partition coefficient (Wildman–Crippen LogP) is 1.50. The number of hydrogen-bond donors (Lipinski definition) is 1. The summed E-state index contributed by atoms with van der Waals surface area (Å²) in [6.45, 7) is 2.17. The smallest absolute Gasteiger partial charge is 0.356 e. The second-order valence-corrected chi connectivity index (χ2v) is 4.42. The molecular formula is C12H19N3O2. The molecule has 1 fully saturated rings. The molecular weight excluding hydrogens is 218 g/mol. The van der Waals surface area contributed by atoms with Gasteiger partial charge in [0, 0.05) is 6.04 Å². The van der Waals surface area contributed by atoms with E-state index in [9.17, 15) is 4.79 Å². The Morgan fingerprint density at radius 2 is 2.35 bits per heavy atom. The normalized spacial score (nSPS) is 24.6. The number of hydrogen-bond acceptors (Lipinski definition) is 4. The van der Waals surface area contributed by atoms with Crippen LogP contribution in [-0.2, 0) is 4.74 Å². The van der Waals surface area contributed by atoms with E-state index in [4.69, 9.17) is 10.5 Å². The Balaban J connectivity index is 2.20. The summed E-state index contributed by atoms with van der Waals surface area (Å²) in [4.78, 5) is 15.8. The monoisotopic (exact) mass is 237 g/mol. The third-order valence-corrected chi connectivity index (χ3v) is 3.29. The Labute approximate surface area is 101 Å². The van der Waals surface area contributed by atoms with Crippen LogP contribution in [0, 0.1) is 0 Å². The van der Waals surface area contributed by atoms with Crippen LogP contribution in [0.5, 0.6) is 0 Å². The highest BCUT2D eigenvalue weighted by Gasteiger charge is 2.26. The van der Waals surface area contributed by atoms with Gasteiger partial charge >= 0.3 is 5.97 Å². The number of carbonyl (C=O) groups excluding carboxylic acids is 1. The largest absolute Gasteiger partial charge is 0.461 e. The summed E-state index contributed by atoms with van der Waals surface area (Å²) in [5.74, 6) is -0.317. The van der Waals surface area contributed by atoms with E-state index < -0.39 is 0 Å². The first-order chi connectivity index (χ1) is 8.24. The molecule has 1 aliphatic rings. The Kier molecular flexibility index (Phi) is 3.78. The van der Waals surface area contributed by atoms with Gasteiger partial charge < -0.3 is 15.0 Å². The standard InChI is InChI=1S/C12H19N3O2/c1-2-17-12(16)11-7-14-8-15(11)10-6-4-3-5-9(10)13/h7-10H,2-6,13H2,1H3. The van der Waals surface area contributed by atoms with Crippen molar-refractivity contribution in [2.24, 2.45) is 5.73 Å². The van der Waals surface area contributed by atoms with E-state index in [1.54, 1.807) is 19.4 Å². The Morgan fingerprint density at radius 1 is 1.59 bits per heavy atom. The summed E-state index contributed by atoms with van der Waals surface area (Å²) >= 11 is 0. The van der Waals surface area contributed by atoms with E-state index >= 15 is 0 Å². The minimum atomic E-state index is -0.317. The highest BCUT2D eigenvalue weighted by Crippen LogP contribution is 2.28.